The van der Waals surface area contributed by atoms with Crippen molar-refractivity contribution >= 4 is 63.8 Å². The molecule has 1 saturated heterocycles. The zero-order chi connectivity index (χ0) is 21.3. The number of nitrogens with zero attached hydrogens (tertiary/aromatic N) is 1. The molecule has 0 aliphatic carbocycles. The van der Waals surface area contributed by atoms with Gasteiger partial charge in [-0.15, -0.1) is 0 Å². The lowest BCUT2D eigenvalue weighted by molar-refractivity contribution is -0.115. The van der Waals surface area contributed by atoms with Crippen molar-refractivity contribution in [3.63, 3.8) is 0 Å². The number of benzene rings is 2. The molecule has 1 aliphatic rings. The molecule has 6 nitrogen and oxygen atoms in total. The number of aliphatic imine (C=N–C) groups is 1. The quantitative estimate of drug-likeness (QED) is 0.478. The molecular weight excluding hydrogens is 447 g/mol. The summed E-state index contributed by atoms with van der Waals surface area (Å²) in [7, 11) is 0. The Morgan fingerprint density at radius 1 is 1.10 bits per heavy atom. The van der Waals surface area contributed by atoms with Gasteiger partial charge in [-0.25, -0.2) is 9.79 Å². The highest BCUT2D eigenvalue weighted by molar-refractivity contribution is 8.18. The molecule has 2 N–H and O–H groups in total. The fraction of sp³-hybridized carbons (Fsp3) is 0. The maximum atomic E-state index is 12.2. The lowest BCUT2D eigenvalue weighted by atomic mass is 10.1. The molecule has 0 unspecified atom stereocenters. The molecule has 1 aromatic heterocycles. The summed E-state index contributed by atoms with van der Waals surface area (Å²) < 4.78 is 5.77. The predicted molar refractivity (Wildman–Crippen MR) is 118 cm³/mol. The molecule has 2 aromatic carbocycles. The normalized spacial score (nSPS) is 16.3. The molecule has 2 heterocycles. The van der Waals surface area contributed by atoms with E-state index in [-0.39, 0.29) is 16.5 Å². The number of hydrogen-bond acceptors (Lipinski definition) is 5. The molecule has 9 heteroatoms. The van der Waals surface area contributed by atoms with Gasteiger partial charge in [-0.2, -0.15) is 0 Å². The van der Waals surface area contributed by atoms with Gasteiger partial charge in [-0.05, 0) is 60.3 Å². The maximum absolute atomic E-state index is 12.2. The number of carboxylic acids is 1. The van der Waals surface area contributed by atoms with Gasteiger partial charge in [0.2, 0.25) is 0 Å². The number of amidine groups is 1. The van der Waals surface area contributed by atoms with Gasteiger partial charge in [-0.1, -0.05) is 29.3 Å². The van der Waals surface area contributed by atoms with E-state index in [2.05, 4.69) is 10.3 Å². The topological polar surface area (TPSA) is 91.9 Å². The first-order chi connectivity index (χ1) is 14.4. The average molecular weight is 459 g/mol. The van der Waals surface area contributed by atoms with Crippen molar-refractivity contribution in [1.29, 1.82) is 0 Å². The van der Waals surface area contributed by atoms with Crippen LogP contribution in [0.3, 0.4) is 0 Å². The number of nitrogens with one attached hydrogen (secondary N) is 1. The summed E-state index contributed by atoms with van der Waals surface area (Å²) in [5.74, 6) is -0.413. The van der Waals surface area contributed by atoms with Crippen LogP contribution in [-0.2, 0) is 4.79 Å². The van der Waals surface area contributed by atoms with Gasteiger partial charge in [0.25, 0.3) is 5.91 Å². The SMILES string of the molecule is O=C1NC(=Nc2ccc(Cl)cc2)S/C1=C\c1ccc(-c2ccc(C(=O)O)c(Cl)c2)o1. The van der Waals surface area contributed by atoms with Crippen LogP contribution in [0.15, 0.2) is 68.9 Å². The predicted octanol–water partition coefficient (Wildman–Crippen LogP) is 5.84. The van der Waals surface area contributed by atoms with E-state index in [1.807, 2.05) is 0 Å². The van der Waals surface area contributed by atoms with E-state index in [1.165, 1.54) is 23.9 Å². The lowest BCUT2D eigenvalue weighted by Crippen LogP contribution is -2.19. The van der Waals surface area contributed by atoms with Crippen molar-refractivity contribution in [2.75, 3.05) is 0 Å². The molecule has 0 spiro atoms. The zero-order valence-corrected chi connectivity index (χ0v) is 17.4. The molecule has 1 aliphatic heterocycles. The van der Waals surface area contributed by atoms with Crippen LogP contribution in [-0.4, -0.2) is 22.2 Å². The number of furan rings is 1. The lowest BCUT2D eigenvalue weighted by Gasteiger charge is -2.01. The number of hydrogen-bond donors (Lipinski definition) is 2. The van der Waals surface area contributed by atoms with Gasteiger partial charge in [0, 0.05) is 16.7 Å². The highest BCUT2D eigenvalue weighted by Crippen LogP contribution is 2.31. The molecule has 0 radical (unpaired) electrons. The van der Waals surface area contributed by atoms with Gasteiger partial charge >= 0.3 is 5.97 Å². The molecule has 30 heavy (non-hydrogen) atoms. The van der Waals surface area contributed by atoms with Crippen molar-refractivity contribution in [2.24, 2.45) is 4.99 Å². The molecule has 1 fully saturated rings. The highest BCUT2D eigenvalue weighted by Gasteiger charge is 2.24. The number of rotatable bonds is 4. The first-order valence-electron chi connectivity index (χ1n) is 8.57. The second kappa shape index (κ2) is 8.39. The summed E-state index contributed by atoms with van der Waals surface area (Å²) in [6.45, 7) is 0. The van der Waals surface area contributed by atoms with Crippen molar-refractivity contribution in [3.05, 3.63) is 80.9 Å². The smallest absolute Gasteiger partial charge is 0.337 e. The molecule has 1 amide bonds. The van der Waals surface area contributed by atoms with E-state index in [1.54, 1.807) is 48.5 Å². The Balaban J connectivity index is 1.54. The molecule has 0 atom stereocenters. The Labute approximate surface area is 185 Å². The Bertz CT molecular complexity index is 1220. The number of carbonyl (C=O) groups is 2. The Kier molecular flexibility index (Phi) is 5.67. The van der Waals surface area contributed by atoms with Gasteiger partial charge in [0.15, 0.2) is 5.17 Å². The van der Waals surface area contributed by atoms with Crippen LogP contribution in [0.1, 0.15) is 16.1 Å². The molecule has 0 bridgehead atoms. The minimum atomic E-state index is -1.10. The Morgan fingerprint density at radius 2 is 1.87 bits per heavy atom. The van der Waals surface area contributed by atoms with E-state index in [4.69, 9.17) is 32.7 Å². The molecule has 0 saturated carbocycles. The number of carboxylic acid groups (broad SMARTS) is 1. The van der Waals surface area contributed by atoms with Crippen LogP contribution in [0.2, 0.25) is 10.0 Å². The van der Waals surface area contributed by atoms with Crippen LogP contribution < -0.4 is 5.32 Å². The summed E-state index contributed by atoms with van der Waals surface area (Å²) in [6.07, 6.45) is 1.61. The van der Waals surface area contributed by atoms with Crippen LogP contribution >= 0.6 is 35.0 Å². The summed E-state index contributed by atoms with van der Waals surface area (Å²) >= 11 is 13.1. The molecule has 4 rings (SSSR count). The largest absolute Gasteiger partial charge is 0.478 e. The van der Waals surface area contributed by atoms with Crippen LogP contribution in [0, 0.1) is 0 Å². The fourth-order valence-electron chi connectivity index (χ4n) is 2.67. The van der Waals surface area contributed by atoms with Gasteiger partial charge in [0.05, 0.1) is 21.2 Å². The second-order valence-electron chi connectivity index (χ2n) is 6.16. The van der Waals surface area contributed by atoms with E-state index in [9.17, 15) is 9.59 Å². The summed E-state index contributed by atoms with van der Waals surface area (Å²) in [4.78, 5) is 28.1. The van der Waals surface area contributed by atoms with Crippen molar-refractivity contribution in [3.8, 4) is 11.3 Å². The molecular formula is C21H12Cl2N2O4S. The van der Waals surface area contributed by atoms with Crippen LogP contribution in [0.4, 0.5) is 5.69 Å². The number of aromatic carboxylic acids is 1. The van der Waals surface area contributed by atoms with E-state index in [0.717, 1.165) is 0 Å². The summed E-state index contributed by atoms with van der Waals surface area (Å²) in [6, 6.07) is 14.9. The van der Waals surface area contributed by atoms with Crippen LogP contribution in [0.25, 0.3) is 17.4 Å². The number of thioether (sulfide) groups is 1. The minimum Gasteiger partial charge on any atom is -0.478 e. The average Bonchev–Trinajstić information content (AvgIpc) is 3.30. The van der Waals surface area contributed by atoms with E-state index < -0.39 is 5.97 Å². The first-order valence-corrected chi connectivity index (χ1v) is 10.1. The van der Waals surface area contributed by atoms with Crippen LogP contribution in [0.5, 0.6) is 0 Å². The first kappa shape index (κ1) is 20.3. The third-order valence-electron chi connectivity index (χ3n) is 4.09. The third-order valence-corrected chi connectivity index (χ3v) is 5.57. The monoisotopic (exact) mass is 458 g/mol. The van der Waals surface area contributed by atoms with E-state index in [0.29, 0.717) is 37.9 Å². The molecule has 150 valence electrons. The number of carbonyl (C=O) groups excluding carboxylic acids is 1. The summed E-state index contributed by atoms with van der Waals surface area (Å²) in [5, 5.41) is 13.0. The maximum Gasteiger partial charge on any atom is 0.337 e. The third kappa shape index (κ3) is 4.43. The number of amides is 1. The van der Waals surface area contributed by atoms with Gasteiger partial charge in [-0.3, -0.25) is 4.79 Å². The van der Waals surface area contributed by atoms with Crippen molar-refractivity contribution in [1.82, 2.24) is 5.32 Å². The van der Waals surface area contributed by atoms with Crippen molar-refractivity contribution in [2.45, 2.75) is 0 Å². The fourth-order valence-corrected chi connectivity index (χ4v) is 3.88. The minimum absolute atomic E-state index is 0.0147. The van der Waals surface area contributed by atoms with Gasteiger partial charge < -0.3 is 14.8 Å². The highest BCUT2D eigenvalue weighted by atomic mass is 35.5. The zero-order valence-electron chi connectivity index (χ0n) is 15.1. The summed E-state index contributed by atoms with van der Waals surface area (Å²) in [5.41, 5.74) is 1.31. The van der Waals surface area contributed by atoms with Gasteiger partial charge in [0.1, 0.15) is 11.5 Å². The second-order valence-corrected chi connectivity index (χ2v) is 8.03. The van der Waals surface area contributed by atoms with Crippen molar-refractivity contribution < 1.29 is 19.1 Å². The standard InChI is InChI=1S/C21H12Cl2N2O4S/c22-12-2-4-13(5-3-12)24-21-25-19(26)18(30-21)10-14-6-8-17(29-14)11-1-7-15(20(27)28)16(23)9-11/h1-10H,(H,27,28)(H,24,25,26)/b18-10-. The Morgan fingerprint density at radius 3 is 2.57 bits per heavy atom. The Hall–Kier alpha value is -3.00. The molecule has 3 aromatic rings. The van der Waals surface area contributed by atoms with E-state index >= 15 is 0 Å². The number of halogens is 2.